The van der Waals surface area contributed by atoms with Crippen molar-refractivity contribution in [2.75, 3.05) is 19.6 Å². The van der Waals surface area contributed by atoms with E-state index in [-0.39, 0.29) is 5.91 Å². The smallest absolute Gasteiger partial charge is 0.233 e. The summed E-state index contributed by atoms with van der Waals surface area (Å²) < 4.78 is 0. The first-order chi connectivity index (χ1) is 8.18. The van der Waals surface area contributed by atoms with E-state index in [1.807, 2.05) is 0 Å². The van der Waals surface area contributed by atoms with Crippen molar-refractivity contribution in [1.82, 2.24) is 10.6 Å². The Morgan fingerprint density at radius 2 is 2.24 bits per heavy atom. The summed E-state index contributed by atoms with van der Waals surface area (Å²) in [6.07, 6.45) is 2.03. The Bertz CT molecular complexity index is 309. The molecule has 0 spiro atoms. The van der Waals surface area contributed by atoms with E-state index in [4.69, 9.17) is 0 Å². The summed E-state index contributed by atoms with van der Waals surface area (Å²) in [5, 5.41) is 10.3. The van der Waals surface area contributed by atoms with Gasteiger partial charge in [-0.2, -0.15) is 11.3 Å². The molecule has 1 amide bonds. The number of rotatable bonds is 8. The second kappa shape index (κ2) is 8.25. The summed E-state index contributed by atoms with van der Waals surface area (Å²) >= 11 is 1.71. The molecule has 0 atom stereocenters. The Morgan fingerprint density at radius 1 is 1.41 bits per heavy atom. The molecule has 2 N–H and O–H groups in total. The van der Waals surface area contributed by atoms with Gasteiger partial charge in [-0.3, -0.25) is 4.79 Å². The molecule has 1 aromatic rings. The SMILES string of the molecule is CC(C)CCNC(=O)CNCCc1ccsc1. The number of hydrogen-bond donors (Lipinski definition) is 2. The first-order valence-corrected chi connectivity index (χ1v) is 7.11. The predicted octanol–water partition coefficient (Wildman–Crippen LogP) is 2.04. The van der Waals surface area contributed by atoms with E-state index < -0.39 is 0 Å². The van der Waals surface area contributed by atoms with Crippen LogP contribution in [-0.4, -0.2) is 25.5 Å². The van der Waals surface area contributed by atoms with Crippen LogP contribution in [0.25, 0.3) is 0 Å². The topological polar surface area (TPSA) is 41.1 Å². The lowest BCUT2D eigenvalue weighted by molar-refractivity contribution is -0.120. The molecule has 3 nitrogen and oxygen atoms in total. The number of carbonyl (C=O) groups is 1. The van der Waals surface area contributed by atoms with Gasteiger partial charge in [0.1, 0.15) is 0 Å². The standard InChI is InChI=1S/C13H22N2OS/c1-11(2)3-7-15-13(16)9-14-6-4-12-5-8-17-10-12/h5,8,10-11,14H,3-4,6-7,9H2,1-2H3,(H,15,16). The zero-order chi connectivity index (χ0) is 12.5. The highest BCUT2D eigenvalue weighted by molar-refractivity contribution is 7.07. The lowest BCUT2D eigenvalue weighted by Crippen LogP contribution is -2.35. The molecule has 0 radical (unpaired) electrons. The van der Waals surface area contributed by atoms with Crippen LogP contribution in [0.2, 0.25) is 0 Å². The molecule has 4 heteroatoms. The van der Waals surface area contributed by atoms with Crippen molar-refractivity contribution in [3.63, 3.8) is 0 Å². The van der Waals surface area contributed by atoms with Crippen LogP contribution in [0.1, 0.15) is 25.8 Å². The number of hydrogen-bond acceptors (Lipinski definition) is 3. The Balaban J connectivity index is 1.97. The van der Waals surface area contributed by atoms with E-state index in [0.717, 1.165) is 25.9 Å². The van der Waals surface area contributed by atoms with E-state index in [2.05, 4.69) is 41.3 Å². The van der Waals surface area contributed by atoms with Gasteiger partial charge in [-0.1, -0.05) is 13.8 Å². The first-order valence-electron chi connectivity index (χ1n) is 6.17. The van der Waals surface area contributed by atoms with Gasteiger partial charge in [-0.15, -0.1) is 0 Å². The fraction of sp³-hybridized carbons (Fsp3) is 0.615. The second-order valence-electron chi connectivity index (χ2n) is 4.59. The average molecular weight is 254 g/mol. The molecule has 0 saturated carbocycles. The van der Waals surface area contributed by atoms with Gasteiger partial charge in [0.25, 0.3) is 0 Å². The van der Waals surface area contributed by atoms with Crippen molar-refractivity contribution < 1.29 is 4.79 Å². The van der Waals surface area contributed by atoms with Crippen molar-refractivity contribution in [2.45, 2.75) is 26.7 Å². The fourth-order valence-corrected chi connectivity index (χ4v) is 2.14. The van der Waals surface area contributed by atoms with Crippen LogP contribution in [0, 0.1) is 5.92 Å². The predicted molar refractivity (Wildman–Crippen MR) is 73.4 cm³/mol. The molecule has 96 valence electrons. The highest BCUT2D eigenvalue weighted by Gasteiger charge is 2.01. The Kier molecular flexibility index (Phi) is 6.89. The number of nitrogens with one attached hydrogen (secondary N) is 2. The van der Waals surface area contributed by atoms with Crippen LogP contribution in [0.15, 0.2) is 16.8 Å². The molecule has 0 fully saturated rings. The van der Waals surface area contributed by atoms with Gasteiger partial charge in [0.2, 0.25) is 5.91 Å². The van der Waals surface area contributed by atoms with Crippen LogP contribution >= 0.6 is 11.3 Å². The van der Waals surface area contributed by atoms with Crippen molar-refractivity contribution in [3.05, 3.63) is 22.4 Å². The molecule has 17 heavy (non-hydrogen) atoms. The number of thiophene rings is 1. The van der Waals surface area contributed by atoms with Crippen LogP contribution in [-0.2, 0) is 11.2 Å². The fourth-order valence-electron chi connectivity index (χ4n) is 1.43. The van der Waals surface area contributed by atoms with E-state index in [9.17, 15) is 4.79 Å². The van der Waals surface area contributed by atoms with Gasteiger partial charge in [0.15, 0.2) is 0 Å². The van der Waals surface area contributed by atoms with E-state index >= 15 is 0 Å². The summed E-state index contributed by atoms with van der Waals surface area (Å²) in [7, 11) is 0. The van der Waals surface area contributed by atoms with Gasteiger partial charge < -0.3 is 10.6 Å². The van der Waals surface area contributed by atoms with Gasteiger partial charge in [0, 0.05) is 6.54 Å². The van der Waals surface area contributed by atoms with Crippen molar-refractivity contribution >= 4 is 17.2 Å². The maximum atomic E-state index is 11.4. The third-order valence-electron chi connectivity index (χ3n) is 2.50. The Hall–Kier alpha value is -0.870. The van der Waals surface area contributed by atoms with Crippen LogP contribution < -0.4 is 10.6 Å². The minimum absolute atomic E-state index is 0.0935. The minimum atomic E-state index is 0.0935. The van der Waals surface area contributed by atoms with Crippen LogP contribution in [0.5, 0.6) is 0 Å². The Labute approximate surface area is 108 Å². The zero-order valence-corrected chi connectivity index (χ0v) is 11.5. The van der Waals surface area contributed by atoms with Gasteiger partial charge >= 0.3 is 0 Å². The minimum Gasteiger partial charge on any atom is -0.355 e. The van der Waals surface area contributed by atoms with E-state index in [1.165, 1.54) is 5.56 Å². The van der Waals surface area contributed by atoms with Crippen molar-refractivity contribution in [1.29, 1.82) is 0 Å². The van der Waals surface area contributed by atoms with E-state index in [1.54, 1.807) is 11.3 Å². The molecule has 0 saturated heterocycles. The maximum absolute atomic E-state index is 11.4. The molecule has 1 heterocycles. The molecule has 0 bridgehead atoms. The van der Waals surface area contributed by atoms with Gasteiger partial charge in [0.05, 0.1) is 6.54 Å². The summed E-state index contributed by atoms with van der Waals surface area (Å²) in [5.74, 6) is 0.734. The lowest BCUT2D eigenvalue weighted by Gasteiger charge is -2.07. The molecule has 0 aliphatic carbocycles. The zero-order valence-electron chi connectivity index (χ0n) is 10.7. The molecular formula is C13H22N2OS. The number of amides is 1. The largest absolute Gasteiger partial charge is 0.355 e. The monoisotopic (exact) mass is 254 g/mol. The highest BCUT2D eigenvalue weighted by atomic mass is 32.1. The molecule has 1 rings (SSSR count). The average Bonchev–Trinajstić information content (AvgIpc) is 2.76. The number of carbonyl (C=O) groups excluding carboxylic acids is 1. The summed E-state index contributed by atoms with van der Waals surface area (Å²) in [5.41, 5.74) is 1.34. The second-order valence-corrected chi connectivity index (χ2v) is 5.37. The van der Waals surface area contributed by atoms with E-state index in [0.29, 0.717) is 12.5 Å². The quantitative estimate of drug-likeness (QED) is 0.697. The summed E-state index contributed by atoms with van der Waals surface area (Å²) in [6.45, 7) is 6.37. The lowest BCUT2D eigenvalue weighted by atomic mass is 10.1. The molecule has 0 aliphatic rings. The van der Waals surface area contributed by atoms with Crippen LogP contribution in [0.3, 0.4) is 0 Å². The maximum Gasteiger partial charge on any atom is 0.233 e. The van der Waals surface area contributed by atoms with Crippen molar-refractivity contribution in [2.24, 2.45) is 5.92 Å². The third-order valence-corrected chi connectivity index (χ3v) is 3.23. The van der Waals surface area contributed by atoms with Crippen molar-refractivity contribution in [3.8, 4) is 0 Å². The molecule has 0 unspecified atom stereocenters. The van der Waals surface area contributed by atoms with Gasteiger partial charge in [-0.25, -0.2) is 0 Å². The molecule has 0 aromatic carbocycles. The summed E-state index contributed by atoms with van der Waals surface area (Å²) in [4.78, 5) is 11.4. The first kappa shape index (κ1) is 14.2. The third kappa shape index (κ3) is 7.13. The normalized spacial score (nSPS) is 10.8. The van der Waals surface area contributed by atoms with Gasteiger partial charge in [-0.05, 0) is 47.7 Å². The molecule has 0 aliphatic heterocycles. The highest BCUT2D eigenvalue weighted by Crippen LogP contribution is 2.05. The van der Waals surface area contributed by atoms with Crippen LogP contribution in [0.4, 0.5) is 0 Å². The Morgan fingerprint density at radius 3 is 2.88 bits per heavy atom. The molecule has 1 aromatic heterocycles. The summed E-state index contributed by atoms with van der Waals surface area (Å²) in [6, 6.07) is 2.12. The molecular weight excluding hydrogens is 232 g/mol.